The van der Waals surface area contributed by atoms with Crippen molar-refractivity contribution in [3.63, 3.8) is 0 Å². The van der Waals surface area contributed by atoms with E-state index in [0.717, 1.165) is 42.9 Å². The number of aromatic nitrogens is 4. The Bertz CT molecular complexity index is 1090. The fourth-order valence-corrected chi connectivity index (χ4v) is 3.78. The number of nitrogens with one attached hydrogen (secondary N) is 2. The summed E-state index contributed by atoms with van der Waals surface area (Å²) in [6, 6.07) is 10.2. The maximum absolute atomic E-state index is 8.83. The number of hydrogen-bond acceptors (Lipinski definition) is 8. The fraction of sp³-hybridized carbons (Fsp3) is 0.391. The highest BCUT2D eigenvalue weighted by molar-refractivity contribution is 5.85. The second-order valence-corrected chi connectivity index (χ2v) is 8.00. The van der Waals surface area contributed by atoms with Crippen molar-refractivity contribution in [2.45, 2.75) is 38.8 Å². The molecule has 9 nitrogen and oxygen atoms in total. The Morgan fingerprint density at radius 1 is 1.15 bits per heavy atom. The number of H-pyrrole nitrogens is 1. The summed E-state index contributed by atoms with van der Waals surface area (Å²) in [6.45, 7) is 6.59. The van der Waals surface area contributed by atoms with Gasteiger partial charge in [0, 0.05) is 36.8 Å². The van der Waals surface area contributed by atoms with Crippen LogP contribution in [-0.2, 0) is 0 Å². The molecule has 33 heavy (non-hydrogen) atoms. The predicted molar refractivity (Wildman–Crippen MR) is 128 cm³/mol. The number of hydrogen-bond donors (Lipinski definition) is 2. The molecular formula is C23H28ClN7O2. The number of nitriles is 1. The molecule has 0 bridgehead atoms. The van der Waals surface area contributed by atoms with Crippen LogP contribution in [0.3, 0.4) is 0 Å². The summed E-state index contributed by atoms with van der Waals surface area (Å²) in [5.41, 5.74) is 1.93. The highest BCUT2D eigenvalue weighted by Gasteiger charge is 2.22. The van der Waals surface area contributed by atoms with Crippen molar-refractivity contribution < 1.29 is 9.47 Å². The number of ether oxygens (including phenoxy) is 2. The van der Waals surface area contributed by atoms with Crippen LogP contribution in [-0.4, -0.2) is 57.4 Å². The van der Waals surface area contributed by atoms with Gasteiger partial charge in [-0.05, 0) is 38.8 Å². The number of rotatable bonds is 7. The van der Waals surface area contributed by atoms with Crippen molar-refractivity contribution in [1.29, 1.82) is 5.26 Å². The average Bonchev–Trinajstić information content (AvgIpc) is 3.28. The van der Waals surface area contributed by atoms with E-state index >= 15 is 0 Å². The third-order valence-corrected chi connectivity index (χ3v) is 5.57. The normalized spacial score (nSPS) is 14.4. The van der Waals surface area contributed by atoms with Crippen LogP contribution < -0.4 is 14.8 Å². The largest absolute Gasteiger partial charge is 0.496 e. The molecule has 4 rings (SSSR count). The SMILES string of the molecule is COc1cc(OC2CCN(C(C)C)CC2)ccc1-c1cc(Nc2cnc(C#N)cn2)n[nH]1.Cl. The molecule has 174 valence electrons. The summed E-state index contributed by atoms with van der Waals surface area (Å²) in [5.74, 6) is 2.59. The number of benzene rings is 1. The van der Waals surface area contributed by atoms with Gasteiger partial charge in [0.25, 0.3) is 0 Å². The van der Waals surface area contributed by atoms with Gasteiger partial charge in [0.15, 0.2) is 11.5 Å². The molecule has 1 saturated heterocycles. The molecule has 1 aromatic carbocycles. The van der Waals surface area contributed by atoms with Crippen molar-refractivity contribution in [1.82, 2.24) is 25.1 Å². The Labute approximate surface area is 199 Å². The van der Waals surface area contributed by atoms with Crippen LogP contribution in [0.2, 0.25) is 0 Å². The van der Waals surface area contributed by atoms with Gasteiger partial charge in [-0.15, -0.1) is 12.4 Å². The van der Waals surface area contributed by atoms with Gasteiger partial charge in [-0.25, -0.2) is 9.97 Å². The van der Waals surface area contributed by atoms with Crippen LogP contribution in [0.15, 0.2) is 36.7 Å². The molecule has 3 heterocycles. The van der Waals surface area contributed by atoms with Crippen LogP contribution >= 0.6 is 12.4 Å². The molecule has 1 fully saturated rings. The number of nitrogens with zero attached hydrogens (tertiary/aromatic N) is 5. The Morgan fingerprint density at radius 2 is 1.94 bits per heavy atom. The van der Waals surface area contributed by atoms with E-state index in [1.54, 1.807) is 7.11 Å². The monoisotopic (exact) mass is 469 g/mol. The summed E-state index contributed by atoms with van der Waals surface area (Å²) in [4.78, 5) is 10.6. The van der Waals surface area contributed by atoms with E-state index in [4.69, 9.17) is 14.7 Å². The lowest BCUT2D eigenvalue weighted by Crippen LogP contribution is -2.41. The number of anilines is 2. The minimum Gasteiger partial charge on any atom is -0.496 e. The second-order valence-electron chi connectivity index (χ2n) is 8.00. The molecule has 3 aromatic rings. The van der Waals surface area contributed by atoms with Crippen molar-refractivity contribution in [2.75, 3.05) is 25.5 Å². The number of halogens is 1. The van der Waals surface area contributed by atoms with Crippen LogP contribution in [0.5, 0.6) is 11.5 Å². The Kier molecular flexibility index (Phi) is 8.09. The van der Waals surface area contributed by atoms with E-state index in [-0.39, 0.29) is 24.2 Å². The van der Waals surface area contributed by atoms with Crippen molar-refractivity contribution >= 4 is 24.0 Å². The molecule has 2 aromatic heterocycles. The standard InChI is InChI=1S/C23H27N7O2.ClH/c1-15(2)30-8-6-17(7-9-30)32-18-4-5-19(21(10-18)31-3)20-11-22(29-28-20)27-23-14-25-16(12-24)13-26-23;/h4-5,10-11,13-15,17H,6-9H2,1-3H3,(H2,26,27,28,29);1H. The van der Waals surface area contributed by atoms with Gasteiger partial charge < -0.3 is 19.7 Å². The van der Waals surface area contributed by atoms with E-state index in [2.05, 4.69) is 44.2 Å². The molecular weight excluding hydrogens is 442 g/mol. The first-order valence-electron chi connectivity index (χ1n) is 10.7. The minimum atomic E-state index is 0. The van der Waals surface area contributed by atoms with Gasteiger partial charge in [0.1, 0.15) is 29.5 Å². The molecule has 0 atom stereocenters. The summed E-state index contributed by atoms with van der Waals surface area (Å²) >= 11 is 0. The smallest absolute Gasteiger partial charge is 0.158 e. The summed E-state index contributed by atoms with van der Waals surface area (Å²) in [7, 11) is 1.64. The minimum absolute atomic E-state index is 0. The Hall–Kier alpha value is -3.35. The topological polar surface area (TPSA) is 112 Å². The fourth-order valence-electron chi connectivity index (χ4n) is 3.78. The third-order valence-electron chi connectivity index (χ3n) is 5.57. The number of aromatic amines is 1. The van der Waals surface area contributed by atoms with Crippen molar-refractivity contribution in [2.24, 2.45) is 0 Å². The first-order chi connectivity index (χ1) is 15.6. The van der Waals surface area contributed by atoms with E-state index < -0.39 is 0 Å². The number of piperidine rings is 1. The van der Waals surface area contributed by atoms with Gasteiger partial charge in [-0.2, -0.15) is 10.4 Å². The van der Waals surface area contributed by atoms with E-state index in [1.807, 2.05) is 30.3 Å². The second kappa shape index (κ2) is 11.0. The summed E-state index contributed by atoms with van der Waals surface area (Å²) in [6.07, 6.45) is 5.17. The Balaban J connectivity index is 0.00000306. The molecule has 0 amide bonds. The molecule has 0 spiro atoms. The highest BCUT2D eigenvalue weighted by atomic mass is 35.5. The van der Waals surface area contributed by atoms with E-state index in [1.165, 1.54) is 12.4 Å². The molecule has 0 aliphatic carbocycles. The molecule has 0 unspecified atom stereocenters. The molecule has 1 aliphatic heterocycles. The molecule has 1 aliphatic rings. The first-order valence-corrected chi connectivity index (χ1v) is 10.7. The number of likely N-dealkylation sites (tertiary alicyclic amines) is 1. The maximum atomic E-state index is 8.83. The average molecular weight is 470 g/mol. The first kappa shape index (κ1) is 24.3. The lowest BCUT2D eigenvalue weighted by Gasteiger charge is -2.34. The zero-order chi connectivity index (χ0) is 22.5. The lowest BCUT2D eigenvalue weighted by atomic mass is 10.1. The molecule has 10 heteroatoms. The van der Waals surface area contributed by atoms with Gasteiger partial charge >= 0.3 is 0 Å². The van der Waals surface area contributed by atoms with Crippen LogP contribution in [0.4, 0.5) is 11.6 Å². The zero-order valence-electron chi connectivity index (χ0n) is 18.9. The highest BCUT2D eigenvalue weighted by Crippen LogP contribution is 2.34. The van der Waals surface area contributed by atoms with Gasteiger partial charge in [0.2, 0.25) is 0 Å². The predicted octanol–water partition coefficient (Wildman–Crippen LogP) is 4.16. The molecule has 0 saturated carbocycles. The van der Waals surface area contributed by atoms with Gasteiger partial charge in [-0.3, -0.25) is 5.10 Å². The zero-order valence-corrected chi connectivity index (χ0v) is 19.7. The number of methoxy groups -OCH3 is 1. The van der Waals surface area contributed by atoms with Gasteiger partial charge in [-0.1, -0.05) is 0 Å². The van der Waals surface area contributed by atoms with Crippen molar-refractivity contribution in [3.8, 4) is 28.8 Å². The summed E-state index contributed by atoms with van der Waals surface area (Å²) in [5, 5.41) is 19.2. The lowest BCUT2D eigenvalue weighted by molar-refractivity contribution is 0.0842. The van der Waals surface area contributed by atoms with Crippen LogP contribution in [0, 0.1) is 11.3 Å². The summed E-state index contributed by atoms with van der Waals surface area (Å²) < 4.78 is 11.9. The molecule has 0 radical (unpaired) electrons. The van der Waals surface area contributed by atoms with Gasteiger partial charge in [0.05, 0.1) is 25.2 Å². The molecule has 2 N–H and O–H groups in total. The van der Waals surface area contributed by atoms with Crippen molar-refractivity contribution in [3.05, 3.63) is 42.4 Å². The third kappa shape index (κ3) is 5.92. The maximum Gasteiger partial charge on any atom is 0.158 e. The van der Waals surface area contributed by atoms with E-state index in [9.17, 15) is 0 Å². The van der Waals surface area contributed by atoms with Crippen LogP contribution in [0.25, 0.3) is 11.3 Å². The van der Waals surface area contributed by atoms with Crippen LogP contribution in [0.1, 0.15) is 32.4 Å². The van der Waals surface area contributed by atoms with E-state index in [0.29, 0.717) is 23.4 Å². The Morgan fingerprint density at radius 3 is 2.58 bits per heavy atom. The quantitative estimate of drug-likeness (QED) is 0.530.